The third-order valence-electron chi connectivity index (χ3n) is 5.86. The van der Waals surface area contributed by atoms with Gasteiger partial charge in [0.2, 0.25) is 0 Å². The van der Waals surface area contributed by atoms with Crippen LogP contribution in [-0.2, 0) is 16.1 Å². The van der Waals surface area contributed by atoms with Crippen molar-refractivity contribution in [3.05, 3.63) is 100 Å². The highest BCUT2D eigenvalue weighted by atomic mass is 16.5. The molecule has 0 saturated carbocycles. The summed E-state index contributed by atoms with van der Waals surface area (Å²) in [6.07, 6.45) is 3.28. The molecule has 1 aromatic heterocycles. The summed E-state index contributed by atoms with van der Waals surface area (Å²) in [6.45, 7) is 4.10. The monoisotopic (exact) mass is 428 g/mol. The molecule has 1 atom stereocenters. The predicted molar refractivity (Wildman–Crippen MR) is 121 cm³/mol. The van der Waals surface area contributed by atoms with Crippen molar-refractivity contribution in [2.24, 2.45) is 0 Å². The van der Waals surface area contributed by atoms with E-state index in [4.69, 9.17) is 4.74 Å². The minimum atomic E-state index is -0.791. The number of aromatic nitrogens is 1. The number of carbonyl (C=O) groups excluding carboxylic acids is 2. The fraction of sp³-hybridized carbons (Fsp3) is 0.192. The molecule has 0 aliphatic carbocycles. The number of ether oxygens (including phenoxy) is 1. The van der Waals surface area contributed by atoms with Crippen LogP contribution in [-0.4, -0.2) is 33.8 Å². The Bertz CT molecular complexity index is 1220. The van der Waals surface area contributed by atoms with Gasteiger partial charge in [0, 0.05) is 30.1 Å². The van der Waals surface area contributed by atoms with Gasteiger partial charge < -0.3 is 14.7 Å². The summed E-state index contributed by atoms with van der Waals surface area (Å²) in [4.78, 5) is 31.8. The number of amides is 1. The second-order valence-corrected chi connectivity index (χ2v) is 7.82. The molecule has 1 fully saturated rings. The lowest BCUT2D eigenvalue weighted by atomic mass is 9.93. The largest absolute Gasteiger partial charge is 0.507 e. The van der Waals surface area contributed by atoms with E-state index >= 15 is 0 Å². The Balaban J connectivity index is 1.91. The predicted octanol–water partition coefficient (Wildman–Crippen LogP) is 4.33. The fourth-order valence-electron chi connectivity index (χ4n) is 3.99. The Morgan fingerprint density at radius 1 is 1.03 bits per heavy atom. The molecule has 1 amide bonds. The highest BCUT2D eigenvalue weighted by Gasteiger charge is 2.47. The highest BCUT2D eigenvalue weighted by molar-refractivity contribution is 6.46. The Labute approximate surface area is 186 Å². The molecule has 6 heteroatoms. The average molecular weight is 428 g/mol. The molecular formula is C26H24N2O4. The van der Waals surface area contributed by atoms with Crippen molar-refractivity contribution >= 4 is 17.4 Å². The molecule has 3 aromatic rings. The van der Waals surface area contributed by atoms with Gasteiger partial charge >= 0.3 is 0 Å². The van der Waals surface area contributed by atoms with Gasteiger partial charge in [0.05, 0.1) is 18.7 Å². The van der Waals surface area contributed by atoms with Gasteiger partial charge in [0.1, 0.15) is 11.5 Å². The molecule has 1 saturated heterocycles. The number of pyridine rings is 1. The van der Waals surface area contributed by atoms with Crippen molar-refractivity contribution in [1.29, 1.82) is 0 Å². The Hall–Kier alpha value is -3.93. The normalized spacial score (nSPS) is 17.6. The van der Waals surface area contributed by atoms with Crippen LogP contribution in [0.1, 0.15) is 33.9 Å². The number of carbonyl (C=O) groups is 2. The minimum absolute atomic E-state index is 0.0526. The third kappa shape index (κ3) is 3.75. The van der Waals surface area contributed by atoms with Crippen LogP contribution in [0.3, 0.4) is 0 Å². The lowest BCUT2D eigenvalue weighted by molar-refractivity contribution is -0.140. The van der Waals surface area contributed by atoms with E-state index in [0.717, 1.165) is 16.7 Å². The lowest BCUT2D eigenvalue weighted by Gasteiger charge is -2.26. The zero-order chi connectivity index (χ0) is 22.8. The number of hydrogen-bond donors (Lipinski definition) is 1. The number of hydrogen-bond acceptors (Lipinski definition) is 5. The summed E-state index contributed by atoms with van der Waals surface area (Å²) >= 11 is 0. The Morgan fingerprint density at radius 2 is 1.75 bits per heavy atom. The first-order chi connectivity index (χ1) is 15.4. The first kappa shape index (κ1) is 21.3. The van der Waals surface area contributed by atoms with Crippen LogP contribution in [0.25, 0.3) is 5.76 Å². The van der Waals surface area contributed by atoms with Crippen molar-refractivity contribution in [1.82, 2.24) is 9.88 Å². The third-order valence-corrected chi connectivity index (χ3v) is 5.86. The summed E-state index contributed by atoms with van der Waals surface area (Å²) < 4.78 is 5.53. The van der Waals surface area contributed by atoms with Crippen molar-refractivity contribution in [3.8, 4) is 5.75 Å². The van der Waals surface area contributed by atoms with Crippen LogP contribution in [0.2, 0.25) is 0 Å². The molecule has 4 rings (SSSR count). The molecule has 0 radical (unpaired) electrons. The molecule has 0 bridgehead atoms. The molecule has 32 heavy (non-hydrogen) atoms. The number of methoxy groups -OCH3 is 1. The molecule has 2 heterocycles. The number of Topliss-reactive ketones (excluding diaryl/α,β-unsaturated/α-hetero) is 1. The van der Waals surface area contributed by atoms with Crippen LogP contribution < -0.4 is 4.74 Å². The van der Waals surface area contributed by atoms with Gasteiger partial charge in [-0.15, -0.1) is 0 Å². The van der Waals surface area contributed by atoms with Gasteiger partial charge in [-0.25, -0.2) is 0 Å². The fourth-order valence-corrected chi connectivity index (χ4v) is 3.99. The SMILES string of the molecule is COc1ccccc1C1/C(=C(\O)c2ccc(C)c(C)c2)C(=O)C(=O)N1Cc1ccncc1. The van der Waals surface area contributed by atoms with E-state index in [-0.39, 0.29) is 17.9 Å². The van der Waals surface area contributed by atoms with Crippen LogP contribution in [0, 0.1) is 13.8 Å². The number of ketones is 1. The zero-order valence-corrected chi connectivity index (χ0v) is 18.2. The van der Waals surface area contributed by atoms with Crippen molar-refractivity contribution in [2.45, 2.75) is 26.4 Å². The second-order valence-electron chi connectivity index (χ2n) is 7.82. The number of nitrogens with zero attached hydrogens (tertiary/aromatic N) is 2. The number of rotatable bonds is 5. The quantitative estimate of drug-likeness (QED) is 0.372. The maximum atomic E-state index is 13.2. The van der Waals surface area contributed by atoms with Crippen LogP contribution in [0.4, 0.5) is 0 Å². The van der Waals surface area contributed by atoms with Crippen LogP contribution in [0.5, 0.6) is 5.75 Å². The van der Waals surface area contributed by atoms with Gasteiger partial charge in [-0.05, 0) is 54.8 Å². The topological polar surface area (TPSA) is 79.7 Å². The van der Waals surface area contributed by atoms with Crippen LogP contribution >= 0.6 is 0 Å². The molecule has 0 spiro atoms. The molecule has 1 aliphatic heterocycles. The summed E-state index contributed by atoms with van der Waals surface area (Å²) in [6, 6.07) is 15.5. The average Bonchev–Trinajstić information content (AvgIpc) is 3.05. The number of likely N-dealkylation sites (tertiary alicyclic amines) is 1. The van der Waals surface area contributed by atoms with E-state index in [0.29, 0.717) is 16.9 Å². The van der Waals surface area contributed by atoms with Gasteiger partial charge in [0.25, 0.3) is 11.7 Å². The summed E-state index contributed by atoms with van der Waals surface area (Å²) in [5.74, 6) is -1.04. The van der Waals surface area contributed by atoms with E-state index in [9.17, 15) is 14.7 Å². The summed E-state index contributed by atoms with van der Waals surface area (Å²) in [5, 5.41) is 11.2. The minimum Gasteiger partial charge on any atom is -0.507 e. The maximum absolute atomic E-state index is 13.2. The number of benzene rings is 2. The number of aliphatic hydroxyl groups is 1. The van der Waals surface area contributed by atoms with Gasteiger partial charge in [-0.3, -0.25) is 14.6 Å². The van der Waals surface area contributed by atoms with E-state index in [1.54, 1.807) is 36.7 Å². The highest BCUT2D eigenvalue weighted by Crippen LogP contribution is 2.43. The summed E-state index contributed by atoms with van der Waals surface area (Å²) in [5.41, 5.74) is 4.06. The number of aryl methyl sites for hydroxylation is 2. The molecule has 162 valence electrons. The zero-order valence-electron chi connectivity index (χ0n) is 18.2. The standard InChI is InChI=1S/C26H24N2O4/c1-16-8-9-19(14-17(16)2)24(29)22-23(20-6-4-5-7-21(20)32-3)28(26(31)25(22)30)15-18-10-12-27-13-11-18/h4-14,23,29H,15H2,1-3H3/b24-22+. The Kier molecular flexibility index (Phi) is 5.77. The molecular weight excluding hydrogens is 404 g/mol. The van der Waals surface area contributed by atoms with E-state index in [1.807, 2.05) is 44.2 Å². The van der Waals surface area contributed by atoms with Crippen molar-refractivity contribution in [3.63, 3.8) is 0 Å². The van der Waals surface area contributed by atoms with Gasteiger partial charge in [0.15, 0.2) is 0 Å². The first-order valence-corrected chi connectivity index (χ1v) is 10.3. The molecule has 1 aliphatic rings. The Morgan fingerprint density at radius 3 is 2.44 bits per heavy atom. The molecule has 2 aromatic carbocycles. The smallest absolute Gasteiger partial charge is 0.295 e. The number of aliphatic hydroxyl groups excluding tert-OH is 1. The number of para-hydroxylation sites is 1. The van der Waals surface area contributed by atoms with E-state index in [2.05, 4.69) is 4.98 Å². The van der Waals surface area contributed by atoms with Gasteiger partial charge in [-0.2, -0.15) is 0 Å². The first-order valence-electron chi connectivity index (χ1n) is 10.3. The maximum Gasteiger partial charge on any atom is 0.295 e. The van der Waals surface area contributed by atoms with Crippen molar-refractivity contribution in [2.75, 3.05) is 7.11 Å². The molecule has 1 unspecified atom stereocenters. The van der Waals surface area contributed by atoms with Gasteiger partial charge in [-0.1, -0.05) is 30.3 Å². The molecule has 1 N–H and O–H groups in total. The second kappa shape index (κ2) is 8.67. The van der Waals surface area contributed by atoms with E-state index in [1.165, 1.54) is 12.0 Å². The lowest BCUT2D eigenvalue weighted by Crippen LogP contribution is -2.29. The van der Waals surface area contributed by atoms with E-state index < -0.39 is 17.7 Å². The van der Waals surface area contributed by atoms with Crippen molar-refractivity contribution < 1.29 is 19.4 Å². The molecule has 6 nitrogen and oxygen atoms in total. The summed E-state index contributed by atoms with van der Waals surface area (Å²) in [7, 11) is 1.54. The van der Waals surface area contributed by atoms with Crippen LogP contribution in [0.15, 0.2) is 72.6 Å².